The number of amides is 1. The van der Waals surface area contributed by atoms with Crippen molar-refractivity contribution in [1.82, 2.24) is 14.9 Å². The van der Waals surface area contributed by atoms with E-state index >= 15 is 0 Å². The van der Waals surface area contributed by atoms with Gasteiger partial charge in [0.15, 0.2) is 11.5 Å². The Bertz CT molecular complexity index is 752. The highest BCUT2D eigenvalue weighted by atomic mass is 32.2. The molecule has 1 aromatic carbocycles. The summed E-state index contributed by atoms with van der Waals surface area (Å²) in [6.45, 7) is 10.8. The summed E-state index contributed by atoms with van der Waals surface area (Å²) in [4.78, 5) is 12.9. The predicted molar refractivity (Wildman–Crippen MR) is 105 cm³/mol. The smallest absolute Gasteiger partial charge is 0.270 e. The van der Waals surface area contributed by atoms with Crippen molar-refractivity contribution in [3.05, 3.63) is 23.5 Å². The largest absolute Gasteiger partial charge is 0.490 e. The molecule has 0 fully saturated rings. The zero-order chi connectivity index (χ0) is 19.8. The fourth-order valence-corrected chi connectivity index (χ4v) is 3.04. The van der Waals surface area contributed by atoms with Gasteiger partial charge >= 0.3 is 0 Å². The number of hydrogen-bond acceptors (Lipinski definition) is 7. The van der Waals surface area contributed by atoms with Crippen LogP contribution in [0.4, 0.5) is 0 Å². The number of benzene rings is 1. The van der Waals surface area contributed by atoms with Gasteiger partial charge in [0.1, 0.15) is 5.82 Å². The summed E-state index contributed by atoms with van der Waals surface area (Å²) in [5, 5.41) is 8.73. The van der Waals surface area contributed by atoms with Crippen LogP contribution in [0.2, 0.25) is 0 Å². The zero-order valence-electron chi connectivity index (χ0n) is 16.4. The van der Waals surface area contributed by atoms with Crippen LogP contribution in [0.1, 0.15) is 43.9 Å². The van der Waals surface area contributed by atoms with Crippen molar-refractivity contribution in [1.29, 1.82) is 0 Å². The Morgan fingerprint density at radius 2 is 1.63 bits per heavy atom. The van der Waals surface area contributed by atoms with Crippen LogP contribution < -0.4 is 19.6 Å². The van der Waals surface area contributed by atoms with Crippen molar-refractivity contribution in [2.45, 2.75) is 39.8 Å². The van der Waals surface area contributed by atoms with Crippen LogP contribution in [0.3, 0.4) is 0 Å². The molecule has 0 atom stereocenters. The van der Waals surface area contributed by atoms with Gasteiger partial charge in [0.25, 0.3) is 5.91 Å². The first-order chi connectivity index (χ1) is 13.0. The van der Waals surface area contributed by atoms with Gasteiger partial charge in [-0.05, 0) is 45.6 Å². The summed E-state index contributed by atoms with van der Waals surface area (Å²) in [6.07, 6.45) is 0. The molecule has 0 saturated heterocycles. The Kier molecular flexibility index (Phi) is 7.78. The number of ether oxygens (including phenoxy) is 3. The van der Waals surface area contributed by atoms with Crippen molar-refractivity contribution in [2.24, 2.45) is 0 Å². The third kappa shape index (κ3) is 5.06. The number of rotatable bonds is 10. The molecule has 0 aliphatic heterocycles. The third-order valence-corrected chi connectivity index (χ3v) is 4.26. The standard InChI is InChI=1S/C18H26N4O4S/c1-6-24-14-10-13(11-15(25-7-2)16(14)26-8-3)17(23)21-22-12(5)19-20-18(22)27-9-4/h10-11H,6-9H2,1-5H3,(H,21,23). The zero-order valence-corrected chi connectivity index (χ0v) is 17.2. The fourth-order valence-electron chi connectivity index (χ4n) is 2.38. The molecule has 8 nitrogen and oxygen atoms in total. The molecule has 0 saturated carbocycles. The molecule has 9 heteroatoms. The lowest BCUT2D eigenvalue weighted by atomic mass is 10.1. The van der Waals surface area contributed by atoms with Crippen LogP contribution >= 0.6 is 11.8 Å². The number of aryl methyl sites for hydroxylation is 1. The lowest BCUT2D eigenvalue weighted by molar-refractivity contribution is 0.100. The molecule has 0 aliphatic carbocycles. The van der Waals surface area contributed by atoms with E-state index < -0.39 is 0 Å². The van der Waals surface area contributed by atoms with Gasteiger partial charge < -0.3 is 14.2 Å². The van der Waals surface area contributed by atoms with Gasteiger partial charge in [-0.15, -0.1) is 10.2 Å². The van der Waals surface area contributed by atoms with E-state index in [0.29, 0.717) is 53.6 Å². The molecule has 1 N–H and O–H groups in total. The summed E-state index contributed by atoms with van der Waals surface area (Å²) in [5.74, 6) is 2.54. The Morgan fingerprint density at radius 3 is 2.15 bits per heavy atom. The first-order valence-electron chi connectivity index (χ1n) is 8.98. The lowest BCUT2D eigenvalue weighted by Crippen LogP contribution is -2.25. The first-order valence-corrected chi connectivity index (χ1v) is 9.96. The monoisotopic (exact) mass is 394 g/mol. The highest BCUT2D eigenvalue weighted by Gasteiger charge is 2.20. The normalized spacial score (nSPS) is 10.6. The van der Waals surface area contributed by atoms with E-state index in [1.54, 1.807) is 23.7 Å². The van der Waals surface area contributed by atoms with Gasteiger partial charge in [-0.1, -0.05) is 18.7 Å². The molecular formula is C18H26N4O4S. The van der Waals surface area contributed by atoms with Gasteiger partial charge in [-0.3, -0.25) is 10.2 Å². The molecular weight excluding hydrogens is 368 g/mol. The van der Waals surface area contributed by atoms with Crippen molar-refractivity contribution in [2.75, 3.05) is 31.0 Å². The maximum Gasteiger partial charge on any atom is 0.270 e. The maximum atomic E-state index is 12.9. The molecule has 0 bridgehead atoms. The highest BCUT2D eigenvalue weighted by molar-refractivity contribution is 7.99. The average molecular weight is 394 g/mol. The Labute approximate surface area is 163 Å². The van der Waals surface area contributed by atoms with Crippen molar-refractivity contribution >= 4 is 17.7 Å². The third-order valence-electron chi connectivity index (χ3n) is 3.45. The number of hydrogen-bond donors (Lipinski definition) is 1. The van der Waals surface area contributed by atoms with Crippen LogP contribution in [0, 0.1) is 6.92 Å². The second-order valence-corrected chi connectivity index (χ2v) is 6.57. The van der Waals surface area contributed by atoms with Crippen molar-refractivity contribution < 1.29 is 19.0 Å². The molecule has 27 heavy (non-hydrogen) atoms. The molecule has 0 aliphatic rings. The Morgan fingerprint density at radius 1 is 1.04 bits per heavy atom. The van der Waals surface area contributed by atoms with E-state index in [1.165, 1.54) is 11.8 Å². The second-order valence-electron chi connectivity index (χ2n) is 5.34. The molecule has 1 amide bonds. The molecule has 0 unspecified atom stereocenters. The second kappa shape index (κ2) is 10.1. The molecule has 2 rings (SSSR count). The first kappa shape index (κ1) is 20.9. The van der Waals surface area contributed by atoms with Gasteiger partial charge in [-0.2, -0.15) is 0 Å². The van der Waals surface area contributed by atoms with Crippen LogP contribution in [0.5, 0.6) is 17.2 Å². The number of thioether (sulfide) groups is 1. The number of carbonyl (C=O) groups is 1. The summed E-state index contributed by atoms with van der Waals surface area (Å²) in [6, 6.07) is 3.30. The quantitative estimate of drug-likeness (QED) is 0.619. The Hall–Kier alpha value is -2.42. The van der Waals surface area contributed by atoms with Crippen molar-refractivity contribution in [3.63, 3.8) is 0 Å². The summed E-state index contributed by atoms with van der Waals surface area (Å²) in [5.41, 5.74) is 3.22. The Balaban J connectivity index is 2.39. The molecule has 2 aromatic rings. The van der Waals surface area contributed by atoms with E-state index in [-0.39, 0.29) is 5.91 Å². The molecule has 148 valence electrons. The molecule has 1 heterocycles. The lowest BCUT2D eigenvalue weighted by Gasteiger charge is -2.17. The topological polar surface area (TPSA) is 87.5 Å². The summed E-state index contributed by atoms with van der Waals surface area (Å²) >= 11 is 1.50. The van der Waals surface area contributed by atoms with E-state index in [9.17, 15) is 4.79 Å². The van der Waals surface area contributed by atoms with Crippen LogP contribution in [0.15, 0.2) is 17.3 Å². The van der Waals surface area contributed by atoms with Gasteiger partial charge in [0, 0.05) is 5.56 Å². The van der Waals surface area contributed by atoms with Crippen molar-refractivity contribution in [3.8, 4) is 17.2 Å². The van der Waals surface area contributed by atoms with Crippen LogP contribution in [-0.4, -0.2) is 46.4 Å². The van der Waals surface area contributed by atoms with E-state index in [1.807, 2.05) is 27.7 Å². The summed E-state index contributed by atoms with van der Waals surface area (Å²) < 4.78 is 18.6. The molecule has 0 radical (unpaired) electrons. The minimum atomic E-state index is -0.319. The van der Waals surface area contributed by atoms with Gasteiger partial charge in [-0.25, -0.2) is 4.68 Å². The minimum Gasteiger partial charge on any atom is -0.490 e. The van der Waals surface area contributed by atoms with Gasteiger partial charge in [0.2, 0.25) is 10.9 Å². The highest BCUT2D eigenvalue weighted by Crippen LogP contribution is 2.39. The number of carbonyl (C=O) groups excluding carboxylic acids is 1. The van der Waals surface area contributed by atoms with Crippen LogP contribution in [-0.2, 0) is 0 Å². The predicted octanol–water partition coefficient (Wildman–Crippen LogP) is 3.28. The van der Waals surface area contributed by atoms with E-state index in [4.69, 9.17) is 14.2 Å². The number of aromatic nitrogens is 3. The minimum absolute atomic E-state index is 0.319. The fraction of sp³-hybridized carbons (Fsp3) is 0.500. The molecule has 1 aromatic heterocycles. The van der Waals surface area contributed by atoms with Gasteiger partial charge in [0.05, 0.1) is 19.8 Å². The SMILES string of the molecule is CCOc1cc(C(=O)Nn2c(C)nnc2SCC)cc(OCC)c1OCC. The van der Waals surface area contributed by atoms with E-state index in [0.717, 1.165) is 5.75 Å². The average Bonchev–Trinajstić information content (AvgIpc) is 2.98. The van der Waals surface area contributed by atoms with Crippen LogP contribution in [0.25, 0.3) is 0 Å². The molecule has 0 spiro atoms. The summed E-state index contributed by atoms with van der Waals surface area (Å²) in [7, 11) is 0. The maximum absolute atomic E-state index is 12.9. The number of nitrogens with zero attached hydrogens (tertiary/aromatic N) is 3. The number of nitrogens with one attached hydrogen (secondary N) is 1. The van der Waals surface area contributed by atoms with E-state index in [2.05, 4.69) is 15.6 Å².